The maximum atomic E-state index is 12.7. The van der Waals surface area contributed by atoms with Crippen LogP contribution in [0, 0.1) is 6.92 Å². The van der Waals surface area contributed by atoms with Gasteiger partial charge in [-0.15, -0.1) is 0 Å². The van der Waals surface area contributed by atoms with E-state index in [0.717, 1.165) is 5.56 Å². The highest BCUT2D eigenvalue weighted by Gasteiger charge is 2.25. The number of carbonyl (C=O) groups is 2. The van der Waals surface area contributed by atoms with E-state index < -0.39 is 10.9 Å². The highest BCUT2D eigenvalue weighted by atomic mass is 32.2. The Morgan fingerprint density at radius 2 is 1.61 bits per heavy atom. The van der Waals surface area contributed by atoms with Crippen molar-refractivity contribution in [1.29, 1.82) is 0 Å². The van der Waals surface area contributed by atoms with Crippen molar-refractivity contribution in [2.24, 2.45) is 0 Å². The molecular weight excluding hydrogens is 378 g/mol. The summed E-state index contributed by atoms with van der Waals surface area (Å²) in [6.07, 6.45) is 0.365. The van der Waals surface area contributed by atoms with Gasteiger partial charge in [0.25, 0.3) is 5.91 Å². The highest BCUT2D eigenvalue weighted by molar-refractivity contribution is 7.73. The second-order valence-corrected chi connectivity index (χ2v) is 7.47. The first-order valence-corrected chi connectivity index (χ1v) is 10.2. The lowest BCUT2D eigenvalue weighted by Gasteiger charge is -2.35. The van der Waals surface area contributed by atoms with Crippen LogP contribution < -0.4 is 4.72 Å². The molecule has 1 aliphatic rings. The molecule has 148 valence electrons. The van der Waals surface area contributed by atoms with Crippen molar-refractivity contribution in [1.82, 2.24) is 9.80 Å². The molecular formula is C20H23N3O4S. The second-order valence-electron chi connectivity index (χ2n) is 6.73. The number of nitrogens with zero attached hydrogens (tertiary/aromatic N) is 2. The molecule has 1 heterocycles. The average Bonchev–Trinajstić information content (AvgIpc) is 2.69. The molecule has 1 N–H and O–H groups in total. The third-order valence-corrected chi connectivity index (χ3v) is 5.23. The summed E-state index contributed by atoms with van der Waals surface area (Å²) < 4.78 is 24.0. The van der Waals surface area contributed by atoms with Crippen LogP contribution in [0.3, 0.4) is 0 Å². The van der Waals surface area contributed by atoms with Crippen LogP contribution in [-0.2, 0) is 22.1 Å². The Bertz CT molecular complexity index is 928. The molecule has 2 aromatic carbocycles. The number of hydrogen-bond donors (Lipinski definition) is 2. The predicted molar refractivity (Wildman–Crippen MR) is 108 cm³/mol. The van der Waals surface area contributed by atoms with E-state index in [4.69, 9.17) is 0 Å². The molecule has 8 heteroatoms. The summed E-state index contributed by atoms with van der Waals surface area (Å²) >= 11 is 0. The molecule has 3 rings (SSSR count). The number of piperazine rings is 1. The van der Waals surface area contributed by atoms with E-state index in [2.05, 4.69) is 4.72 Å². The number of anilines is 1. The van der Waals surface area contributed by atoms with Crippen LogP contribution in [0.25, 0.3) is 0 Å². The summed E-state index contributed by atoms with van der Waals surface area (Å²) in [5.41, 5.74) is 2.63. The van der Waals surface area contributed by atoms with Gasteiger partial charge in [-0.05, 0) is 36.2 Å². The van der Waals surface area contributed by atoms with Gasteiger partial charge in [-0.25, -0.2) is 8.42 Å². The molecule has 0 radical (unpaired) electrons. The van der Waals surface area contributed by atoms with Crippen LogP contribution in [0.15, 0.2) is 48.5 Å². The normalized spacial score (nSPS) is 14.2. The van der Waals surface area contributed by atoms with Crippen molar-refractivity contribution in [2.75, 3.05) is 30.9 Å². The Hall–Kier alpha value is -2.87. The summed E-state index contributed by atoms with van der Waals surface area (Å²) in [5.74, 6) is -0.0485. The first-order chi connectivity index (χ1) is 13.4. The lowest BCUT2D eigenvalue weighted by molar-refractivity contribution is -0.131. The maximum absolute atomic E-state index is 12.7. The zero-order chi connectivity index (χ0) is 20.1. The van der Waals surface area contributed by atoms with Gasteiger partial charge < -0.3 is 9.80 Å². The molecule has 1 aliphatic heterocycles. The monoisotopic (exact) mass is 401 g/mol. The summed E-state index contributed by atoms with van der Waals surface area (Å²) in [4.78, 5) is 28.7. The van der Waals surface area contributed by atoms with E-state index in [1.807, 2.05) is 30.3 Å². The molecule has 0 aromatic heterocycles. The van der Waals surface area contributed by atoms with Gasteiger partial charge in [-0.3, -0.25) is 14.3 Å². The average molecular weight is 401 g/mol. The van der Waals surface area contributed by atoms with E-state index >= 15 is 0 Å². The fraction of sp³-hybridized carbons (Fsp3) is 0.300. The zero-order valence-electron chi connectivity index (χ0n) is 15.6. The van der Waals surface area contributed by atoms with Gasteiger partial charge in [0, 0.05) is 31.7 Å². The number of amides is 2. The Kier molecular flexibility index (Phi) is 6.30. The predicted octanol–water partition coefficient (Wildman–Crippen LogP) is 1.46. The standard InChI is InChI=1S/C20H23N3O4S/c1-15-13-17(7-8-18(15)21-28(26)27)20(25)23-11-9-22(10-12-23)19(24)14-16-5-3-2-4-6-16/h2-8,13,28H,9-12,14H2,1H3,(H,21,26,27). The van der Waals surface area contributed by atoms with Crippen molar-refractivity contribution >= 4 is 28.4 Å². The van der Waals surface area contributed by atoms with Crippen molar-refractivity contribution in [2.45, 2.75) is 13.3 Å². The summed E-state index contributed by atoms with van der Waals surface area (Å²) in [5, 5.41) is 0. The minimum atomic E-state index is -2.74. The molecule has 0 atom stereocenters. The Balaban J connectivity index is 1.57. The number of nitrogens with one attached hydrogen (secondary N) is 1. The van der Waals surface area contributed by atoms with Gasteiger partial charge in [0.15, 0.2) is 0 Å². The minimum Gasteiger partial charge on any atom is -0.339 e. The minimum absolute atomic E-state index is 0.0660. The Morgan fingerprint density at radius 1 is 0.964 bits per heavy atom. The maximum Gasteiger partial charge on any atom is 0.253 e. The molecule has 2 amide bonds. The van der Waals surface area contributed by atoms with Crippen LogP contribution in [0.2, 0.25) is 0 Å². The van der Waals surface area contributed by atoms with Gasteiger partial charge in [-0.1, -0.05) is 30.3 Å². The number of rotatable bonds is 5. The summed E-state index contributed by atoms with van der Waals surface area (Å²) in [6.45, 7) is 3.72. The summed E-state index contributed by atoms with van der Waals surface area (Å²) in [7, 11) is -2.74. The van der Waals surface area contributed by atoms with Gasteiger partial charge in [-0.2, -0.15) is 0 Å². The molecule has 0 bridgehead atoms. The summed E-state index contributed by atoms with van der Waals surface area (Å²) in [6, 6.07) is 14.5. The van der Waals surface area contributed by atoms with E-state index in [9.17, 15) is 18.0 Å². The molecule has 28 heavy (non-hydrogen) atoms. The second kappa shape index (κ2) is 8.88. The largest absolute Gasteiger partial charge is 0.339 e. The van der Waals surface area contributed by atoms with E-state index in [0.29, 0.717) is 49.4 Å². The van der Waals surface area contributed by atoms with Gasteiger partial charge >= 0.3 is 0 Å². The fourth-order valence-electron chi connectivity index (χ4n) is 3.24. The van der Waals surface area contributed by atoms with E-state index in [1.54, 1.807) is 34.9 Å². The third-order valence-electron chi connectivity index (χ3n) is 4.80. The van der Waals surface area contributed by atoms with Gasteiger partial charge in [0.2, 0.25) is 16.8 Å². The highest BCUT2D eigenvalue weighted by Crippen LogP contribution is 2.18. The van der Waals surface area contributed by atoms with E-state index in [1.165, 1.54) is 0 Å². The molecule has 0 aliphatic carbocycles. The first kappa shape index (κ1) is 19.9. The topological polar surface area (TPSA) is 86.8 Å². The number of thiol groups is 1. The van der Waals surface area contributed by atoms with Crippen molar-refractivity contribution in [3.05, 3.63) is 65.2 Å². The zero-order valence-corrected chi connectivity index (χ0v) is 16.5. The molecule has 1 saturated heterocycles. The van der Waals surface area contributed by atoms with Gasteiger partial charge in [0.05, 0.1) is 12.1 Å². The lowest BCUT2D eigenvalue weighted by atomic mass is 10.1. The molecule has 0 spiro atoms. The smallest absolute Gasteiger partial charge is 0.253 e. The van der Waals surface area contributed by atoms with Crippen molar-refractivity contribution < 1.29 is 18.0 Å². The third kappa shape index (κ3) is 4.89. The lowest BCUT2D eigenvalue weighted by Crippen LogP contribution is -2.51. The van der Waals surface area contributed by atoms with Crippen LogP contribution in [0.1, 0.15) is 21.5 Å². The molecule has 2 aromatic rings. The molecule has 7 nitrogen and oxygen atoms in total. The number of carbonyl (C=O) groups excluding carboxylic acids is 2. The SMILES string of the molecule is Cc1cc(C(=O)N2CCN(C(=O)Cc3ccccc3)CC2)ccc1N[SH](=O)=O. The van der Waals surface area contributed by atoms with Crippen LogP contribution >= 0.6 is 0 Å². The number of benzene rings is 2. The Morgan fingerprint density at radius 3 is 2.21 bits per heavy atom. The van der Waals surface area contributed by atoms with Crippen molar-refractivity contribution in [3.8, 4) is 0 Å². The van der Waals surface area contributed by atoms with Crippen LogP contribution in [0.4, 0.5) is 5.69 Å². The number of aryl methyl sites for hydroxylation is 1. The first-order valence-electron chi connectivity index (χ1n) is 9.06. The van der Waals surface area contributed by atoms with Crippen molar-refractivity contribution in [3.63, 3.8) is 0 Å². The van der Waals surface area contributed by atoms with E-state index in [-0.39, 0.29) is 11.8 Å². The van der Waals surface area contributed by atoms with Crippen LogP contribution in [-0.4, -0.2) is 56.2 Å². The van der Waals surface area contributed by atoms with Crippen LogP contribution in [0.5, 0.6) is 0 Å². The number of hydrogen-bond acceptors (Lipinski definition) is 4. The Labute approximate surface area is 166 Å². The molecule has 1 fully saturated rings. The quantitative estimate of drug-likeness (QED) is 0.743. The van der Waals surface area contributed by atoms with Gasteiger partial charge in [0.1, 0.15) is 0 Å². The fourth-order valence-corrected chi connectivity index (χ4v) is 3.69. The molecule has 0 unspecified atom stereocenters. The molecule has 0 saturated carbocycles.